The molecule has 3 heterocycles. The van der Waals surface area contributed by atoms with Crippen molar-refractivity contribution in [1.82, 2.24) is 19.5 Å². The van der Waals surface area contributed by atoms with E-state index in [1.165, 1.54) is 20.8 Å². The molecule has 1 aliphatic heterocycles. The van der Waals surface area contributed by atoms with E-state index in [-0.39, 0.29) is 40.7 Å². The van der Waals surface area contributed by atoms with E-state index in [9.17, 15) is 14.4 Å². The van der Waals surface area contributed by atoms with Crippen LogP contribution in [0.2, 0.25) is 36.3 Å². The lowest BCUT2D eigenvalue weighted by Crippen LogP contribution is -2.50. The second kappa shape index (κ2) is 18.1. The summed E-state index contributed by atoms with van der Waals surface area (Å²) >= 11 is 0. The van der Waals surface area contributed by atoms with Crippen molar-refractivity contribution in [3.8, 4) is 5.88 Å². The molecule has 15 nitrogen and oxygen atoms in total. The van der Waals surface area contributed by atoms with Crippen LogP contribution in [-0.2, 0) is 42.2 Å². The molecule has 1 N–H and O–H groups in total. The number of hydrogen-bond acceptors (Lipinski definition) is 14. The number of esters is 3. The van der Waals surface area contributed by atoms with Gasteiger partial charge in [-0.2, -0.15) is 9.97 Å². The lowest BCUT2D eigenvalue weighted by molar-refractivity contribution is -0.187. The summed E-state index contributed by atoms with van der Waals surface area (Å²) in [6.07, 6.45) is -1.09. The number of nitrogens with zero attached hydrogens (tertiary/aromatic N) is 4. The van der Waals surface area contributed by atoms with E-state index in [1.807, 2.05) is 34.9 Å². The van der Waals surface area contributed by atoms with Gasteiger partial charge in [-0.05, 0) is 80.2 Å². The van der Waals surface area contributed by atoms with Crippen molar-refractivity contribution in [2.24, 2.45) is 0 Å². The zero-order valence-electron chi connectivity index (χ0n) is 41.5. The summed E-state index contributed by atoms with van der Waals surface area (Å²) in [6.45, 7) is 30.5. The molecule has 362 valence electrons. The van der Waals surface area contributed by atoms with E-state index in [0.29, 0.717) is 35.3 Å². The average Bonchev–Trinajstić information content (AvgIpc) is 3.85. The van der Waals surface area contributed by atoms with Crippen molar-refractivity contribution in [2.75, 3.05) is 18.5 Å². The SMILES string of the molecule is C=CCOc1nc(N[C@H]2c3c(cc4ccc5cccc6ccc3c4c56)[C@@H](OC(C)=O)[C@H](OC(C)=O)[C@@H]2OC(C)=O)nc2c1ncn2[C@H]1C[C@H](O[Si](C)(C)C(C)(C)C)[C@@H](CO[Si](C)(C)C(C)(C)C)O1. The Morgan fingerprint density at radius 3 is 2.10 bits per heavy atom. The number of benzene rings is 4. The minimum atomic E-state index is -2.28. The van der Waals surface area contributed by atoms with Crippen LogP contribution >= 0.6 is 0 Å². The summed E-state index contributed by atoms with van der Waals surface area (Å²) < 4.78 is 47.1. The van der Waals surface area contributed by atoms with Gasteiger partial charge in [0.05, 0.1) is 25.1 Å². The highest BCUT2D eigenvalue weighted by atomic mass is 28.4. The van der Waals surface area contributed by atoms with Gasteiger partial charge in [-0.15, -0.1) is 0 Å². The number of rotatable bonds is 14. The van der Waals surface area contributed by atoms with E-state index >= 15 is 0 Å². The molecule has 6 aromatic rings. The molecule has 0 amide bonds. The Hall–Kier alpha value is -5.47. The number of carbonyl (C=O) groups excluding carboxylic acids is 3. The van der Waals surface area contributed by atoms with Crippen LogP contribution in [0.15, 0.2) is 67.5 Å². The first-order chi connectivity index (χ1) is 31.9. The first-order valence-corrected chi connectivity index (χ1v) is 29.1. The maximum atomic E-state index is 13.2. The normalized spacial score (nSPS) is 22.4. The van der Waals surface area contributed by atoms with Gasteiger partial charge in [-0.3, -0.25) is 19.0 Å². The fraction of sp³-hybridized carbons (Fsp3) is 0.490. The Labute approximate surface area is 399 Å². The second-order valence-electron chi connectivity index (χ2n) is 21.2. The number of hydrogen-bond donors (Lipinski definition) is 1. The summed E-state index contributed by atoms with van der Waals surface area (Å²) in [5, 5.41) is 9.24. The monoisotopic (exact) mass is 963 g/mol. The minimum Gasteiger partial charge on any atom is -0.472 e. The van der Waals surface area contributed by atoms with E-state index in [1.54, 1.807) is 12.4 Å². The van der Waals surface area contributed by atoms with Gasteiger partial charge in [-0.1, -0.05) is 96.7 Å². The van der Waals surface area contributed by atoms with Crippen molar-refractivity contribution >= 4 is 84.0 Å². The molecule has 7 atom stereocenters. The maximum absolute atomic E-state index is 13.2. The first kappa shape index (κ1) is 49.0. The van der Waals surface area contributed by atoms with Crippen LogP contribution in [0, 0.1) is 0 Å². The van der Waals surface area contributed by atoms with Crippen LogP contribution in [0.25, 0.3) is 43.5 Å². The van der Waals surface area contributed by atoms with Crippen LogP contribution in [0.3, 0.4) is 0 Å². The number of nitrogens with one attached hydrogen (secondary N) is 1. The fourth-order valence-electron chi connectivity index (χ4n) is 9.00. The van der Waals surface area contributed by atoms with Crippen LogP contribution in [-0.4, -0.2) is 91.7 Å². The zero-order chi connectivity index (χ0) is 49.2. The van der Waals surface area contributed by atoms with Crippen LogP contribution in [0.4, 0.5) is 5.95 Å². The Kier molecular flexibility index (Phi) is 13.1. The van der Waals surface area contributed by atoms with Crippen LogP contribution in [0.5, 0.6) is 5.88 Å². The minimum absolute atomic E-state index is 0.00572. The van der Waals surface area contributed by atoms with Gasteiger partial charge in [0, 0.05) is 32.8 Å². The van der Waals surface area contributed by atoms with E-state index < -0.39 is 65.1 Å². The number of ether oxygens (including phenoxy) is 5. The number of fused-ring (bicyclic) bond motifs is 3. The number of aromatic nitrogens is 4. The first-order valence-electron chi connectivity index (χ1n) is 23.3. The molecule has 2 aromatic heterocycles. The maximum Gasteiger partial charge on any atom is 0.303 e. The second-order valence-corrected chi connectivity index (χ2v) is 30.7. The van der Waals surface area contributed by atoms with Crippen molar-refractivity contribution in [3.05, 3.63) is 78.6 Å². The molecule has 8 rings (SSSR count). The lowest BCUT2D eigenvalue weighted by Gasteiger charge is -2.43. The predicted octanol–water partition coefficient (Wildman–Crippen LogP) is 10.6. The zero-order valence-corrected chi connectivity index (χ0v) is 43.5. The average molecular weight is 964 g/mol. The van der Waals surface area contributed by atoms with Crippen molar-refractivity contribution in [2.45, 2.75) is 148 Å². The van der Waals surface area contributed by atoms with E-state index in [0.717, 1.165) is 32.3 Å². The summed E-state index contributed by atoms with van der Waals surface area (Å²) in [4.78, 5) is 53.8. The molecule has 1 fully saturated rings. The van der Waals surface area contributed by atoms with Gasteiger partial charge in [0.15, 0.2) is 46.1 Å². The molecule has 0 spiro atoms. The van der Waals surface area contributed by atoms with Crippen molar-refractivity contribution in [3.63, 3.8) is 0 Å². The molecular formula is C51H65N5O10Si2. The molecule has 0 bridgehead atoms. The predicted molar refractivity (Wildman–Crippen MR) is 267 cm³/mol. The molecule has 0 unspecified atom stereocenters. The quantitative estimate of drug-likeness (QED) is 0.0359. The summed E-state index contributed by atoms with van der Waals surface area (Å²) in [5.74, 6) is -1.65. The topological polar surface area (TPSA) is 171 Å². The van der Waals surface area contributed by atoms with Gasteiger partial charge in [-0.25, -0.2) is 4.98 Å². The van der Waals surface area contributed by atoms with E-state index in [2.05, 4.69) is 97.8 Å². The largest absolute Gasteiger partial charge is 0.472 e. The molecule has 0 radical (unpaired) electrons. The molecule has 17 heteroatoms. The Morgan fingerprint density at radius 1 is 0.838 bits per heavy atom. The summed E-state index contributed by atoms with van der Waals surface area (Å²) in [5.41, 5.74) is 2.01. The van der Waals surface area contributed by atoms with Crippen LogP contribution in [0.1, 0.15) is 98.2 Å². The van der Waals surface area contributed by atoms with Crippen LogP contribution < -0.4 is 10.1 Å². The van der Waals surface area contributed by atoms with Crippen molar-refractivity contribution in [1.29, 1.82) is 0 Å². The smallest absolute Gasteiger partial charge is 0.303 e. The third-order valence-electron chi connectivity index (χ3n) is 14.4. The highest BCUT2D eigenvalue weighted by molar-refractivity contribution is 6.74. The van der Waals surface area contributed by atoms with Gasteiger partial charge in [0.2, 0.25) is 11.8 Å². The number of carbonyl (C=O) groups is 3. The molecule has 0 saturated carbocycles. The van der Waals surface area contributed by atoms with Crippen molar-refractivity contribution < 1.29 is 46.9 Å². The highest BCUT2D eigenvalue weighted by Crippen LogP contribution is 2.50. The number of anilines is 1. The van der Waals surface area contributed by atoms with Gasteiger partial charge in [0.1, 0.15) is 18.9 Å². The molecule has 2 aliphatic rings. The third-order valence-corrected chi connectivity index (χ3v) is 23.4. The Morgan fingerprint density at radius 2 is 1.47 bits per heavy atom. The molecular weight excluding hydrogens is 899 g/mol. The summed E-state index contributed by atoms with van der Waals surface area (Å²) in [7, 11) is -4.44. The highest BCUT2D eigenvalue weighted by Gasteiger charge is 2.51. The Bertz CT molecular complexity index is 2890. The van der Waals surface area contributed by atoms with Gasteiger partial charge in [0.25, 0.3) is 0 Å². The van der Waals surface area contributed by atoms with E-state index in [4.69, 9.17) is 47.5 Å². The molecule has 1 aliphatic carbocycles. The standard InChI is InChI=1S/C51H65N5O10Si2/c1-15-23-60-48-43-47(56(27-52-43)38-25-36(66-68(13,14)51(8,9)10)37(65-38)26-61-67(11,12)50(5,6)7)54-49(55-48)53-42-41-34-22-21-32-18-16-17-31-19-20-33(40(34)39(31)32)24-35(41)44(62-28(2)57)46(64-30(4)59)45(42)63-29(3)58/h15-22,24,27,36-38,42,44-46H,1,23,25-26H2,2-14H3,(H,53,54,55)/t36-,37+,38+,42-,44+,45+,46-/m0/s1. The fourth-order valence-corrected chi connectivity index (χ4v) is 11.4. The van der Waals surface area contributed by atoms with Gasteiger partial charge >= 0.3 is 17.9 Å². The lowest BCUT2D eigenvalue weighted by atomic mass is 9.77. The number of imidazole rings is 1. The molecule has 4 aromatic carbocycles. The Balaban J connectivity index is 1.29. The molecule has 1 saturated heterocycles. The third kappa shape index (κ3) is 9.22. The van der Waals surface area contributed by atoms with Gasteiger partial charge < -0.3 is 37.9 Å². The summed E-state index contributed by atoms with van der Waals surface area (Å²) in [6, 6.07) is 15.3. The molecule has 68 heavy (non-hydrogen) atoms.